The number of rotatable bonds is 7. The second-order valence-electron chi connectivity index (χ2n) is 4.23. The third-order valence-electron chi connectivity index (χ3n) is 2.96. The molecular formula is C12H26N2O. The lowest BCUT2D eigenvalue weighted by Crippen LogP contribution is -2.39. The molecule has 3 nitrogen and oxygen atoms in total. The first-order chi connectivity index (χ1) is 7.10. The first kappa shape index (κ1) is 14.4. The fraction of sp³-hybridized carbons (Fsp3) is 0.917. The molecule has 0 aliphatic rings. The number of carbonyl (C=O) groups is 1. The molecule has 0 saturated carbocycles. The molecule has 0 aromatic carbocycles. The summed E-state index contributed by atoms with van der Waals surface area (Å²) >= 11 is 0. The van der Waals surface area contributed by atoms with Gasteiger partial charge in [0.15, 0.2) is 0 Å². The lowest BCUT2D eigenvalue weighted by atomic mass is 10.0. The summed E-state index contributed by atoms with van der Waals surface area (Å²) in [5.74, 6) is 0.876. The normalized spacial score (nSPS) is 12.9. The lowest BCUT2D eigenvalue weighted by Gasteiger charge is -2.27. The van der Waals surface area contributed by atoms with Gasteiger partial charge in [-0.3, -0.25) is 4.79 Å². The van der Waals surface area contributed by atoms with E-state index in [9.17, 15) is 4.79 Å². The zero-order chi connectivity index (χ0) is 11.8. The second-order valence-corrected chi connectivity index (χ2v) is 4.23. The number of hydrogen-bond donors (Lipinski definition) is 1. The summed E-state index contributed by atoms with van der Waals surface area (Å²) in [5.41, 5.74) is 5.58. The number of amides is 1. The van der Waals surface area contributed by atoms with Gasteiger partial charge in [-0.1, -0.05) is 20.8 Å². The highest BCUT2D eigenvalue weighted by molar-refractivity contribution is 5.78. The van der Waals surface area contributed by atoms with Gasteiger partial charge in [-0.2, -0.15) is 0 Å². The van der Waals surface area contributed by atoms with E-state index in [2.05, 4.69) is 20.8 Å². The Morgan fingerprint density at radius 3 is 2.13 bits per heavy atom. The van der Waals surface area contributed by atoms with E-state index >= 15 is 0 Å². The van der Waals surface area contributed by atoms with Crippen molar-refractivity contribution >= 4 is 5.91 Å². The maximum Gasteiger partial charge on any atom is 0.225 e. The fourth-order valence-corrected chi connectivity index (χ4v) is 1.72. The van der Waals surface area contributed by atoms with Crippen LogP contribution in [-0.4, -0.2) is 30.4 Å². The monoisotopic (exact) mass is 214 g/mol. The molecule has 0 aromatic heterocycles. The molecule has 0 aromatic rings. The molecule has 15 heavy (non-hydrogen) atoms. The molecule has 2 N–H and O–H groups in total. The van der Waals surface area contributed by atoms with Crippen LogP contribution in [0.5, 0.6) is 0 Å². The van der Waals surface area contributed by atoms with E-state index in [4.69, 9.17) is 5.73 Å². The minimum atomic E-state index is 0.190. The largest absolute Gasteiger partial charge is 0.342 e. The third kappa shape index (κ3) is 4.65. The number of nitrogens with two attached hydrogens (primary N) is 1. The molecule has 1 amide bonds. The van der Waals surface area contributed by atoms with Gasteiger partial charge in [0.1, 0.15) is 0 Å². The third-order valence-corrected chi connectivity index (χ3v) is 2.96. The van der Waals surface area contributed by atoms with E-state index in [1.54, 1.807) is 0 Å². The zero-order valence-electron chi connectivity index (χ0n) is 10.6. The molecular weight excluding hydrogens is 188 g/mol. The standard InChI is InChI=1S/C12H26N2O/c1-5-11(6-2)12(15)14(7-3)9-10(4)8-13/h10-11H,5-9,13H2,1-4H3. The van der Waals surface area contributed by atoms with Gasteiger partial charge in [0, 0.05) is 19.0 Å². The SMILES string of the molecule is CCC(CC)C(=O)N(CC)CC(C)CN. The Morgan fingerprint density at radius 2 is 1.80 bits per heavy atom. The molecule has 0 aliphatic carbocycles. The highest BCUT2D eigenvalue weighted by Crippen LogP contribution is 2.13. The Balaban J connectivity index is 4.32. The summed E-state index contributed by atoms with van der Waals surface area (Å²) in [4.78, 5) is 14.0. The summed E-state index contributed by atoms with van der Waals surface area (Å²) in [6.45, 7) is 10.5. The Kier molecular flexibility index (Phi) is 7.39. The van der Waals surface area contributed by atoms with Gasteiger partial charge >= 0.3 is 0 Å². The van der Waals surface area contributed by atoms with E-state index in [0.717, 1.165) is 25.9 Å². The Labute approximate surface area is 94.0 Å². The molecule has 0 saturated heterocycles. The van der Waals surface area contributed by atoms with Gasteiger partial charge in [-0.15, -0.1) is 0 Å². The Morgan fingerprint density at radius 1 is 1.27 bits per heavy atom. The van der Waals surface area contributed by atoms with Crippen LogP contribution in [0, 0.1) is 11.8 Å². The van der Waals surface area contributed by atoms with Crippen LogP contribution in [-0.2, 0) is 4.79 Å². The zero-order valence-corrected chi connectivity index (χ0v) is 10.6. The first-order valence-electron chi connectivity index (χ1n) is 6.09. The summed E-state index contributed by atoms with van der Waals surface area (Å²) in [5, 5.41) is 0. The van der Waals surface area contributed by atoms with Gasteiger partial charge < -0.3 is 10.6 Å². The van der Waals surface area contributed by atoms with Crippen LogP contribution < -0.4 is 5.73 Å². The van der Waals surface area contributed by atoms with E-state index in [0.29, 0.717) is 18.4 Å². The van der Waals surface area contributed by atoms with E-state index < -0.39 is 0 Å². The molecule has 0 fully saturated rings. The van der Waals surface area contributed by atoms with Crippen LogP contribution in [0.4, 0.5) is 0 Å². The molecule has 0 heterocycles. The van der Waals surface area contributed by atoms with E-state index in [-0.39, 0.29) is 5.92 Å². The van der Waals surface area contributed by atoms with Crippen LogP contribution in [0.15, 0.2) is 0 Å². The van der Waals surface area contributed by atoms with Crippen molar-refractivity contribution in [1.82, 2.24) is 4.90 Å². The summed E-state index contributed by atoms with van der Waals surface area (Å²) in [7, 11) is 0. The van der Waals surface area contributed by atoms with Gasteiger partial charge in [0.25, 0.3) is 0 Å². The van der Waals surface area contributed by atoms with Crippen molar-refractivity contribution in [2.75, 3.05) is 19.6 Å². The highest BCUT2D eigenvalue weighted by Gasteiger charge is 2.21. The second kappa shape index (κ2) is 7.69. The summed E-state index contributed by atoms with van der Waals surface area (Å²) in [6, 6.07) is 0. The van der Waals surface area contributed by atoms with Crippen molar-refractivity contribution < 1.29 is 4.79 Å². The minimum absolute atomic E-state index is 0.190. The van der Waals surface area contributed by atoms with Gasteiger partial charge in [0.05, 0.1) is 0 Å². The van der Waals surface area contributed by atoms with Crippen molar-refractivity contribution in [3.05, 3.63) is 0 Å². The van der Waals surface area contributed by atoms with Crippen molar-refractivity contribution in [1.29, 1.82) is 0 Å². The van der Waals surface area contributed by atoms with Crippen molar-refractivity contribution in [2.24, 2.45) is 17.6 Å². The molecule has 0 radical (unpaired) electrons. The van der Waals surface area contributed by atoms with Gasteiger partial charge in [-0.05, 0) is 32.2 Å². The first-order valence-corrected chi connectivity index (χ1v) is 6.09. The Bertz CT molecular complexity index is 178. The number of hydrogen-bond acceptors (Lipinski definition) is 2. The van der Waals surface area contributed by atoms with Crippen molar-refractivity contribution in [3.63, 3.8) is 0 Å². The van der Waals surface area contributed by atoms with E-state index in [1.165, 1.54) is 0 Å². The molecule has 0 aliphatic heterocycles. The molecule has 3 heteroatoms. The minimum Gasteiger partial charge on any atom is -0.342 e. The van der Waals surface area contributed by atoms with Crippen LogP contribution in [0.25, 0.3) is 0 Å². The molecule has 0 spiro atoms. The fourth-order valence-electron chi connectivity index (χ4n) is 1.72. The Hall–Kier alpha value is -0.570. The van der Waals surface area contributed by atoms with E-state index in [1.807, 2.05) is 11.8 Å². The number of nitrogens with zero attached hydrogens (tertiary/aromatic N) is 1. The highest BCUT2D eigenvalue weighted by atomic mass is 16.2. The smallest absolute Gasteiger partial charge is 0.225 e. The molecule has 0 rings (SSSR count). The quantitative estimate of drug-likeness (QED) is 0.703. The van der Waals surface area contributed by atoms with Crippen LogP contribution in [0.1, 0.15) is 40.5 Å². The van der Waals surface area contributed by atoms with Crippen LogP contribution >= 0.6 is 0 Å². The van der Waals surface area contributed by atoms with Crippen molar-refractivity contribution in [3.8, 4) is 0 Å². The van der Waals surface area contributed by atoms with Gasteiger partial charge in [-0.25, -0.2) is 0 Å². The average Bonchev–Trinajstić information content (AvgIpc) is 2.26. The molecule has 0 bridgehead atoms. The van der Waals surface area contributed by atoms with Crippen LogP contribution in [0.3, 0.4) is 0 Å². The summed E-state index contributed by atoms with van der Waals surface area (Å²) < 4.78 is 0. The average molecular weight is 214 g/mol. The molecule has 90 valence electrons. The molecule has 1 unspecified atom stereocenters. The number of carbonyl (C=O) groups excluding carboxylic acids is 1. The predicted molar refractivity (Wildman–Crippen MR) is 64.5 cm³/mol. The predicted octanol–water partition coefficient (Wildman–Crippen LogP) is 1.87. The molecule has 1 atom stereocenters. The van der Waals surface area contributed by atoms with Crippen molar-refractivity contribution in [2.45, 2.75) is 40.5 Å². The topological polar surface area (TPSA) is 46.3 Å². The van der Waals surface area contributed by atoms with Gasteiger partial charge in [0.2, 0.25) is 5.91 Å². The maximum absolute atomic E-state index is 12.1. The van der Waals surface area contributed by atoms with Crippen LogP contribution in [0.2, 0.25) is 0 Å². The maximum atomic E-state index is 12.1. The summed E-state index contributed by atoms with van der Waals surface area (Å²) in [6.07, 6.45) is 1.87. The lowest BCUT2D eigenvalue weighted by molar-refractivity contribution is -0.136.